The van der Waals surface area contributed by atoms with E-state index in [1.807, 2.05) is 20.8 Å². The average Bonchev–Trinajstić information content (AvgIpc) is 2.65. The Morgan fingerprint density at radius 2 is 2.12 bits per heavy atom. The summed E-state index contributed by atoms with van der Waals surface area (Å²) in [6, 6.07) is 0. The molecule has 0 aliphatic rings. The Hall–Kier alpha value is -1.85. The molecule has 0 aliphatic heterocycles. The second-order valence-corrected chi connectivity index (χ2v) is 4.95. The molecule has 1 aromatic heterocycles. The first-order valence-corrected chi connectivity index (χ1v) is 5.35. The van der Waals surface area contributed by atoms with Crippen molar-refractivity contribution in [1.82, 2.24) is 20.4 Å². The molecule has 0 radical (unpaired) electrons. The first-order valence-electron chi connectivity index (χ1n) is 5.35. The van der Waals surface area contributed by atoms with Crippen molar-refractivity contribution in [2.45, 2.75) is 26.3 Å². The second-order valence-electron chi connectivity index (χ2n) is 4.95. The van der Waals surface area contributed by atoms with Crippen LogP contribution in [0.2, 0.25) is 0 Å². The van der Waals surface area contributed by atoms with E-state index in [0.29, 0.717) is 5.56 Å². The summed E-state index contributed by atoms with van der Waals surface area (Å²) < 4.78 is 0. The highest BCUT2D eigenvalue weighted by atomic mass is 16.2. The summed E-state index contributed by atoms with van der Waals surface area (Å²) in [4.78, 5) is 24.8. The largest absolute Gasteiger partial charge is 0.350 e. The molecule has 0 saturated carbocycles. The van der Waals surface area contributed by atoms with Crippen LogP contribution in [-0.4, -0.2) is 46.0 Å². The molecule has 0 fully saturated rings. The maximum absolute atomic E-state index is 11.8. The third-order valence-electron chi connectivity index (χ3n) is 1.99. The predicted octanol–water partition coefficient (Wildman–Crippen LogP) is 0.396. The SMILES string of the molecule is CN(CC(=O)NC(C)(C)C)C(=O)c1cn[nH]c1. The summed E-state index contributed by atoms with van der Waals surface area (Å²) in [7, 11) is 1.58. The van der Waals surface area contributed by atoms with E-state index in [-0.39, 0.29) is 23.9 Å². The van der Waals surface area contributed by atoms with Gasteiger partial charge in [0, 0.05) is 18.8 Å². The fraction of sp³-hybridized carbons (Fsp3) is 0.545. The minimum absolute atomic E-state index is 0.0291. The maximum atomic E-state index is 11.8. The summed E-state index contributed by atoms with van der Waals surface area (Å²) in [5.41, 5.74) is 0.146. The zero-order valence-corrected chi connectivity index (χ0v) is 10.6. The summed E-state index contributed by atoms with van der Waals surface area (Å²) in [5, 5.41) is 9.04. The Balaban J connectivity index is 2.52. The molecule has 2 amide bonds. The molecule has 0 bridgehead atoms. The molecule has 0 spiro atoms. The van der Waals surface area contributed by atoms with Gasteiger partial charge >= 0.3 is 0 Å². The van der Waals surface area contributed by atoms with Crippen LogP contribution in [0.3, 0.4) is 0 Å². The molecule has 2 N–H and O–H groups in total. The zero-order chi connectivity index (χ0) is 13.1. The lowest BCUT2D eigenvalue weighted by atomic mass is 10.1. The number of hydrogen-bond donors (Lipinski definition) is 2. The highest BCUT2D eigenvalue weighted by Gasteiger charge is 2.18. The molecule has 6 heteroatoms. The first-order chi connectivity index (χ1) is 7.79. The van der Waals surface area contributed by atoms with E-state index in [1.54, 1.807) is 7.05 Å². The number of nitrogens with one attached hydrogen (secondary N) is 2. The van der Waals surface area contributed by atoms with Crippen molar-refractivity contribution in [1.29, 1.82) is 0 Å². The van der Waals surface area contributed by atoms with E-state index in [0.717, 1.165) is 0 Å². The predicted molar refractivity (Wildman–Crippen MR) is 63.4 cm³/mol. The number of amides is 2. The van der Waals surface area contributed by atoms with Gasteiger partial charge in [0.15, 0.2) is 0 Å². The highest BCUT2D eigenvalue weighted by Crippen LogP contribution is 2.01. The highest BCUT2D eigenvalue weighted by molar-refractivity contribution is 5.95. The van der Waals surface area contributed by atoms with Gasteiger partial charge in [-0.3, -0.25) is 14.7 Å². The summed E-state index contributed by atoms with van der Waals surface area (Å²) in [6.07, 6.45) is 2.93. The summed E-state index contributed by atoms with van der Waals surface area (Å²) in [6.45, 7) is 5.70. The summed E-state index contributed by atoms with van der Waals surface area (Å²) in [5.74, 6) is -0.417. The van der Waals surface area contributed by atoms with Crippen LogP contribution in [0.1, 0.15) is 31.1 Å². The van der Waals surface area contributed by atoms with Gasteiger partial charge in [-0.25, -0.2) is 0 Å². The van der Waals surface area contributed by atoms with Crippen LogP contribution in [0.4, 0.5) is 0 Å². The third kappa shape index (κ3) is 4.26. The molecule has 0 saturated heterocycles. The monoisotopic (exact) mass is 238 g/mol. The molecular weight excluding hydrogens is 220 g/mol. The third-order valence-corrected chi connectivity index (χ3v) is 1.99. The van der Waals surface area contributed by atoms with Crippen LogP contribution in [0, 0.1) is 0 Å². The number of carbonyl (C=O) groups excluding carboxylic acids is 2. The van der Waals surface area contributed by atoms with E-state index in [2.05, 4.69) is 15.5 Å². The molecule has 0 unspecified atom stereocenters. The van der Waals surface area contributed by atoms with Crippen LogP contribution in [-0.2, 0) is 4.79 Å². The van der Waals surface area contributed by atoms with Gasteiger partial charge in [0.25, 0.3) is 5.91 Å². The van der Waals surface area contributed by atoms with Gasteiger partial charge in [0.2, 0.25) is 5.91 Å². The van der Waals surface area contributed by atoms with E-state index >= 15 is 0 Å². The van der Waals surface area contributed by atoms with Crippen molar-refractivity contribution in [3.8, 4) is 0 Å². The molecule has 94 valence electrons. The van der Waals surface area contributed by atoms with Crippen molar-refractivity contribution in [2.24, 2.45) is 0 Å². The Morgan fingerprint density at radius 3 is 2.59 bits per heavy atom. The maximum Gasteiger partial charge on any atom is 0.257 e. The van der Waals surface area contributed by atoms with E-state index < -0.39 is 0 Å². The lowest BCUT2D eigenvalue weighted by Gasteiger charge is -2.23. The van der Waals surface area contributed by atoms with Gasteiger partial charge in [-0.15, -0.1) is 0 Å². The van der Waals surface area contributed by atoms with Crippen molar-refractivity contribution in [2.75, 3.05) is 13.6 Å². The van der Waals surface area contributed by atoms with Gasteiger partial charge in [0.1, 0.15) is 0 Å². The molecule has 1 rings (SSSR count). The number of rotatable bonds is 3. The second kappa shape index (κ2) is 4.99. The minimum Gasteiger partial charge on any atom is -0.350 e. The molecule has 17 heavy (non-hydrogen) atoms. The van der Waals surface area contributed by atoms with Crippen molar-refractivity contribution < 1.29 is 9.59 Å². The smallest absolute Gasteiger partial charge is 0.257 e. The molecule has 1 heterocycles. The first kappa shape index (κ1) is 13.2. The number of aromatic amines is 1. The van der Waals surface area contributed by atoms with E-state index in [9.17, 15) is 9.59 Å². The normalized spacial score (nSPS) is 11.1. The van der Waals surface area contributed by atoms with Crippen LogP contribution >= 0.6 is 0 Å². The van der Waals surface area contributed by atoms with Crippen LogP contribution in [0.25, 0.3) is 0 Å². The number of H-pyrrole nitrogens is 1. The van der Waals surface area contributed by atoms with Crippen molar-refractivity contribution >= 4 is 11.8 Å². The van der Waals surface area contributed by atoms with Gasteiger partial charge in [0.05, 0.1) is 18.3 Å². The lowest BCUT2D eigenvalue weighted by molar-refractivity contribution is -0.122. The van der Waals surface area contributed by atoms with E-state index in [4.69, 9.17) is 0 Å². The Bertz CT molecular complexity index is 392. The van der Waals surface area contributed by atoms with E-state index in [1.165, 1.54) is 17.3 Å². The fourth-order valence-corrected chi connectivity index (χ4v) is 1.33. The molecule has 0 atom stereocenters. The number of hydrogen-bond acceptors (Lipinski definition) is 3. The fourth-order valence-electron chi connectivity index (χ4n) is 1.33. The number of likely N-dealkylation sites (N-methyl/N-ethyl adjacent to an activating group) is 1. The number of aromatic nitrogens is 2. The lowest BCUT2D eigenvalue weighted by Crippen LogP contribution is -2.46. The van der Waals surface area contributed by atoms with Crippen molar-refractivity contribution in [3.05, 3.63) is 18.0 Å². The Morgan fingerprint density at radius 1 is 1.47 bits per heavy atom. The topological polar surface area (TPSA) is 78.1 Å². The Labute approximate surface area is 100 Å². The molecule has 0 aliphatic carbocycles. The van der Waals surface area contributed by atoms with Crippen LogP contribution < -0.4 is 5.32 Å². The Kier molecular flexibility index (Phi) is 3.88. The quantitative estimate of drug-likeness (QED) is 0.800. The number of nitrogens with zero attached hydrogens (tertiary/aromatic N) is 2. The molecule has 6 nitrogen and oxygen atoms in total. The van der Waals surface area contributed by atoms with Gasteiger partial charge in [-0.2, -0.15) is 5.10 Å². The standard InChI is InChI=1S/C11H18N4O2/c1-11(2,3)14-9(16)7-15(4)10(17)8-5-12-13-6-8/h5-6H,7H2,1-4H3,(H,12,13)(H,14,16). The van der Waals surface area contributed by atoms with Gasteiger partial charge < -0.3 is 10.2 Å². The molecule has 1 aromatic rings. The van der Waals surface area contributed by atoms with Gasteiger partial charge in [-0.1, -0.05) is 0 Å². The van der Waals surface area contributed by atoms with Crippen molar-refractivity contribution in [3.63, 3.8) is 0 Å². The minimum atomic E-state index is -0.295. The number of carbonyl (C=O) groups is 2. The average molecular weight is 238 g/mol. The molecule has 0 aromatic carbocycles. The molecular formula is C11H18N4O2. The van der Waals surface area contributed by atoms with Crippen LogP contribution in [0.15, 0.2) is 12.4 Å². The summed E-state index contributed by atoms with van der Waals surface area (Å²) >= 11 is 0. The zero-order valence-electron chi connectivity index (χ0n) is 10.6. The van der Waals surface area contributed by atoms with Gasteiger partial charge in [-0.05, 0) is 20.8 Å². The van der Waals surface area contributed by atoms with Crippen LogP contribution in [0.5, 0.6) is 0 Å².